The van der Waals surface area contributed by atoms with Crippen LogP contribution in [0.15, 0.2) is 22.8 Å². The molecule has 1 aromatic carbocycles. The molecule has 0 unspecified atom stereocenters. The lowest BCUT2D eigenvalue weighted by molar-refractivity contribution is 0.111. The molecule has 0 saturated heterocycles. The summed E-state index contributed by atoms with van der Waals surface area (Å²) in [6, 6.07) is 2.25. The van der Waals surface area contributed by atoms with Gasteiger partial charge in [0.05, 0.1) is 16.4 Å². The zero-order valence-electron chi connectivity index (χ0n) is 7.80. The van der Waals surface area contributed by atoms with E-state index in [4.69, 9.17) is 0 Å². The number of rotatable bonds is 2. The molecule has 1 heterocycles. The number of nitrogens with one attached hydrogen (secondary N) is 1. The molecule has 0 aliphatic rings. The summed E-state index contributed by atoms with van der Waals surface area (Å²) in [5, 5.41) is 0. The predicted molar refractivity (Wildman–Crippen MR) is 57.0 cm³/mol. The fourth-order valence-electron chi connectivity index (χ4n) is 1.23. The average Bonchev–Trinajstić information content (AvgIpc) is 2.73. The molecule has 0 radical (unpaired) electrons. The van der Waals surface area contributed by atoms with E-state index in [9.17, 15) is 13.6 Å². The predicted octanol–water partition coefficient (Wildman–Crippen LogP) is 2.93. The molecule has 0 aliphatic heterocycles. The maximum Gasteiger partial charge on any atom is 0.167 e. The van der Waals surface area contributed by atoms with Gasteiger partial charge in [-0.25, -0.2) is 13.8 Å². The molecule has 0 spiro atoms. The maximum atomic E-state index is 13.2. The number of hydrogen-bond donors (Lipinski definition) is 1. The molecule has 0 fully saturated rings. The zero-order valence-corrected chi connectivity index (χ0v) is 9.38. The van der Waals surface area contributed by atoms with Crippen LogP contribution < -0.4 is 0 Å². The van der Waals surface area contributed by atoms with E-state index < -0.39 is 11.6 Å². The van der Waals surface area contributed by atoms with E-state index in [2.05, 4.69) is 25.9 Å². The van der Waals surface area contributed by atoms with Crippen molar-refractivity contribution in [3.63, 3.8) is 0 Å². The SMILES string of the molecule is O=Cc1cnc(-c2cc(F)c(Br)c(F)c2)[nH]1. The second-order valence-corrected chi connectivity index (χ2v) is 3.85. The third kappa shape index (κ3) is 1.88. The summed E-state index contributed by atoms with van der Waals surface area (Å²) in [5.41, 5.74) is 0.491. The highest BCUT2D eigenvalue weighted by molar-refractivity contribution is 9.10. The molecule has 82 valence electrons. The minimum atomic E-state index is -0.723. The Morgan fingerprint density at radius 2 is 1.94 bits per heavy atom. The lowest BCUT2D eigenvalue weighted by Crippen LogP contribution is -1.89. The van der Waals surface area contributed by atoms with E-state index in [1.54, 1.807) is 0 Å². The van der Waals surface area contributed by atoms with Crippen molar-refractivity contribution in [3.05, 3.63) is 40.1 Å². The number of aromatic amines is 1. The minimum absolute atomic E-state index is 0.224. The van der Waals surface area contributed by atoms with Crippen LogP contribution in [0.4, 0.5) is 8.78 Å². The van der Waals surface area contributed by atoms with Gasteiger partial charge in [-0.2, -0.15) is 0 Å². The number of hydrogen-bond acceptors (Lipinski definition) is 2. The van der Waals surface area contributed by atoms with Crippen LogP contribution >= 0.6 is 15.9 Å². The number of carbonyl (C=O) groups is 1. The van der Waals surface area contributed by atoms with E-state index in [1.807, 2.05) is 0 Å². The van der Waals surface area contributed by atoms with Crippen molar-refractivity contribution in [2.75, 3.05) is 0 Å². The Labute approximate surface area is 97.6 Å². The molecule has 2 rings (SSSR count). The molecule has 1 N–H and O–H groups in total. The van der Waals surface area contributed by atoms with Gasteiger partial charge in [-0.1, -0.05) is 0 Å². The van der Waals surface area contributed by atoms with E-state index in [-0.39, 0.29) is 21.6 Å². The van der Waals surface area contributed by atoms with Crippen molar-refractivity contribution in [1.29, 1.82) is 0 Å². The summed E-state index contributed by atoms with van der Waals surface area (Å²) < 4.78 is 26.2. The smallest absolute Gasteiger partial charge is 0.167 e. The van der Waals surface area contributed by atoms with Gasteiger partial charge in [-0.05, 0) is 28.1 Å². The Morgan fingerprint density at radius 3 is 2.44 bits per heavy atom. The first-order valence-corrected chi connectivity index (χ1v) is 5.06. The van der Waals surface area contributed by atoms with Gasteiger partial charge in [-0.15, -0.1) is 0 Å². The number of benzene rings is 1. The van der Waals surface area contributed by atoms with Gasteiger partial charge < -0.3 is 4.98 Å². The number of imidazole rings is 1. The quantitative estimate of drug-likeness (QED) is 0.682. The third-order valence-corrected chi connectivity index (χ3v) is 2.74. The van der Waals surface area contributed by atoms with Gasteiger partial charge in [0.15, 0.2) is 6.29 Å². The van der Waals surface area contributed by atoms with Crippen LogP contribution in [0, 0.1) is 11.6 Å². The summed E-state index contributed by atoms with van der Waals surface area (Å²) in [7, 11) is 0. The number of nitrogens with zero attached hydrogens (tertiary/aromatic N) is 1. The van der Waals surface area contributed by atoms with Gasteiger partial charge in [0, 0.05) is 5.56 Å². The summed E-state index contributed by atoms with van der Waals surface area (Å²) in [5.74, 6) is -1.20. The molecule has 1 aromatic heterocycles. The molecule has 0 saturated carbocycles. The lowest BCUT2D eigenvalue weighted by Gasteiger charge is -2.00. The van der Waals surface area contributed by atoms with E-state index in [1.165, 1.54) is 6.20 Å². The van der Waals surface area contributed by atoms with Crippen molar-refractivity contribution >= 4 is 22.2 Å². The Kier molecular flexibility index (Phi) is 2.82. The van der Waals surface area contributed by atoms with Crippen LogP contribution in [0.1, 0.15) is 10.5 Å². The summed E-state index contributed by atoms with van der Waals surface area (Å²) in [6.07, 6.45) is 1.86. The molecule has 0 aliphatic carbocycles. The number of carbonyl (C=O) groups excluding carboxylic acids is 1. The van der Waals surface area contributed by atoms with Crippen molar-refractivity contribution in [2.24, 2.45) is 0 Å². The molecule has 2 aromatic rings. The largest absolute Gasteiger partial charge is 0.336 e. The Bertz CT molecular complexity index is 530. The van der Waals surface area contributed by atoms with Crippen LogP contribution in [0.3, 0.4) is 0 Å². The Hall–Kier alpha value is -1.56. The third-order valence-electron chi connectivity index (χ3n) is 1.98. The highest BCUT2D eigenvalue weighted by atomic mass is 79.9. The number of aldehydes is 1. The van der Waals surface area contributed by atoms with Gasteiger partial charge in [0.25, 0.3) is 0 Å². The first-order valence-electron chi connectivity index (χ1n) is 4.27. The molecule has 0 amide bonds. The second-order valence-electron chi connectivity index (χ2n) is 3.06. The fourth-order valence-corrected chi connectivity index (χ4v) is 1.46. The van der Waals surface area contributed by atoms with E-state index in [0.717, 1.165) is 12.1 Å². The molecular formula is C10H5BrF2N2O. The second kappa shape index (κ2) is 4.13. The zero-order chi connectivity index (χ0) is 11.7. The Morgan fingerprint density at radius 1 is 1.31 bits per heavy atom. The summed E-state index contributed by atoms with van der Waals surface area (Å²) in [4.78, 5) is 16.9. The molecule has 0 atom stereocenters. The van der Waals surface area contributed by atoms with Crippen LogP contribution in [-0.2, 0) is 0 Å². The number of H-pyrrole nitrogens is 1. The highest BCUT2D eigenvalue weighted by Gasteiger charge is 2.11. The molecule has 6 heteroatoms. The molecule has 16 heavy (non-hydrogen) atoms. The van der Waals surface area contributed by atoms with Gasteiger partial charge >= 0.3 is 0 Å². The van der Waals surface area contributed by atoms with E-state index >= 15 is 0 Å². The minimum Gasteiger partial charge on any atom is -0.336 e. The molecular weight excluding hydrogens is 282 g/mol. The topological polar surface area (TPSA) is 45.8 Å². The summed E-state index contributed by atoms with van der Waals surface area (Å²) in [6.45, 7) is 0. The van der Waals surface area contributed by atoms with Gasteiger partial charge in [0.2, 0.25) is 0 Å². The highest BCUT2D eigenvalue weighted by Crippen LogP contribution is 2.25. The number of aromatic nitrogens is 2. The first kappa shape index (κ1) is 10.9. The maximum absolute atomic E-state index is 13.2. The van der Waals surface area contributed by atoms with Crippen LogP contribution in [0.5, 0.6) is 0 Å². The number of halogens is 3. The van der Waals surface area contributed by atoms with Gasteiger partial charge in [-0.3, -0.25) is 4.79 Å². The normalized spacial score (nSPS) is 10.4. The standard InChI is InChI=1S/C10H5BrF2N2O/c11-9-7(12)1-5(2-8(9)13)10-14-3-6(4-16)15-10/h1-4H,(H,14,15). The van der Waals surface area contributed by atoms with Crippen LogP contribution in [0.25, 0.3) is 11.4 Å². The van der Waals surface area contributed by atoms with Crippen molar-refractivity contribution in [2.45, 2.75) is 0 Å². The molecule has 3 nitrogen and oxygen atoms in total. The Balaban J connectivity index is 2.52. The van der Waals surface area contributed by atoms with Crippen molar-refractivity contribution in [1.82, 2.24) is 9.97 Å². The molecule has 0 bridgehead atoms. The van der Waals surface area contributed by atoms with Crippen molar-refractivity contribution < 1.29 is 13.6 Å². The van der Waals surface area contributed by atoms with Crippen LogP contribution in [0.2, 0.25) is 0 Å². The fraction of sp³-hybridized carbons (Fsp3) is 0. The first-order chi connectivity index (χ1) is 7.61. The van der Waals surface area contributed by atoms with Crippen molar-refractivity contribution in [3.8, 4) is 11.4 Å². The van der Waals surface area contributed by atoms with Crippen LogP contribution in [-0.4, -0.2) is 16.3 Å². The lowest BCUT2D eigenvalue weighted by atomic mass is 10.2. The van der Waals surface area contributed by atoms with E-state index in [0.29, 0.717) is 6.29 Å². The monoisotopic (exact) mass is 286 g/mol. The van der Waals surface area contributed by atoms with Gasteiger partial charge in [0.1, 0.15) is 17.5 Å². The summed E-state index contributed by atoms with van der Waals surface area (Å²) >= 11 is 2.77. The average molecular weight is 287 g/mol.